The number of rotatable bonds is 6. The number of nitrogens with one attached hydrogen (secondary N) is 2. The molecule has 0 fully saturated rings. The van der Waals surface area contributed by atoms with Gasteiger partial charge in [0.25, 0.3) is 0 Å². The third kappa shape index (κ3) is 5.29. The summed E-state index contributed by atoms with van der Waals surface area (Å²) in [6.07, 6.45) is 0. The van der Waals surface area contributed by atoms with Crippen molar-refractivity contribution < 1.29 is 27.2 Å². The standard InChI is InChI=1S/C21H19N7O6S/c1-33-18(29)17-11-10-16(34-17)12-2-4-14(5-3-12)25-21(30)28-19(22)26-20(27-28)24-13-6-8-15(9-7-13)35(23,31)32/h2-11H,1H3,(H,25,30)(H2,23,31,32)(H3,22,24,26,27). The molecule has 180 valence electrons. The number of sulfonamides is 1. The summed E-state index contributed by atoms with van der Waals surface area (Å²) in [6, 6.07) is 14.7. The van der Waals surface area contributed by atoms with Gasteiger partial charge in [-0.25, -0.2) is 23.1 Å². The van der Waals surface area contributed by atoms with Gasteiger partial charge in [0.05, 0.1) is 12.0 Å². The number of amides is 1. The quantitative estimate of drug-likeness (QED) is 0.287. The zero-order valence-corrected chi connectivity index (χ0v) is 18.9. The maximum Gasteiger partial charge on any atom is 0.373 e. The molecule has 13 nitrogen and oxygen atoms in total. The SMILES string of the molecule is COC(=O)c1ccc(-c2ccc(NC(=O)n3nc(Nc4ccc(S(N)(=O)=O)cc4)nc3N)cc2)o1. The second-order valence-corrected chi connectivity index (χ2v) is 8.62. The zero-order valence-electron chi connectivity index (χ0n) is 18.1. The summed E-state index contributed by atoms with van der Waals surface area (Å²) >= 11 is 0. The fourth-order valence-electron chi connectivity index (χ4n) is 2.98. The van der Waals surface area contributed by atoms with Gasteiger partial charge in [-0.1, -0.05) is 0 Å². The predicted molar refractivity (Wildman–Crippen MR) is 125 cm³/mol. The molecule has 14 heteroatoms. The maximum atomic E-state index is 12.6. The van der Waals surface area contributed by atoms with Crippen LogP contribution in [0.25, 0.3) is 11.3 Å². The lowest BCUT2D eigenvalue weighted by Gasteiger charge is -2.06. The Kier molecular flexibility index (Phi) is 6.22. The van der Waals surface area contributed by atoms with E-state index < -0.39 is 22.0 Å². The second-order valence-electron chi connectivity index (χ2n) is 7.06. The van der Waals surface area contributed by atoms with Gasteiger partial charge >= 0.3 is 12.0 Å². The summed E-state index contributed by atoms with van der Waals surface area (Å²) in [7, 11) is -2.56. The molecule has 0 unspecified atom stereocenters. The summed E-state index contributed by atoms with van der Waals surface area (Å²) in [5.74, 6) is -0.202. The number of aromatic nitrogens is 3. The number of nitrogens with zero attached hydrogens (tertiary/aromatic N) is 3. The number of hydrogen-bond donors (Lipinski definition) is 4. The highest BCUT2D eigenvalue weighted by atomic mass is 32.2. The van der Waals surface area contributed by atoms with Crippen LogP contribution >= 0.6 is 0 Å². The second kappa shape index (κ2) is 9.28. The van der Waals surface area contributed by atoms with Crippen LogP contribution < -0.4 is 21.5 Å². The first-order valence-electron chi connectivity index (χ1n) is 9.86. The van der Waals surface area contributed by atoms with Crippen molar-refractivity contribution in [1.29, 1.82) is 0 Å². The molecule has 35 heavy (non-hydrogen) atoms. The van der Waals surface area contributed by atoms with Crippen molar-refractivity contribution in [1.82, 2.24) is 14.8 Å². The van der Waals surface area contributed by atoms with Crippen LogP contribution in [0.2, 0.25) is 0 Å². The van der Waals surface area contributed by atoms with Gasteiger partial charge in [0, 0.05) is 16.9 Å². The van der Waals surface area contributed by atoms with Gasteiger partial charge < -0.3 is 25.5 Å². The van der Waals surface area contributed by atoms with E-state index in [-0.39, 0.29) is 22.6 Å². The van der Waals surface area contributed by atoms with E-state index in [0.29, 0.717) is 22.7 Å². The summed E-state index contributed by atoms with van der Waals surface area (Å²) in [5, 5.41) is 14.6. The Morgan fingerprint density at radius 3 is 2.29 bits per heavy atom. The molecule has 2 aromatic carbocycles. The zero-order chi connectivity index (χ0) is 25.2. The fraction of sp³-hybridized carbons (Fsp3) is 0.0476. The Labute approximate surface area is 198 Å². The molecule has 0 bridgehead atoms. The maximum absolute atomic E-state index is 12.6. The van der Waals surface area contributed by atoms with E-state index in [4.69, 9.17) is 15.3 Å². The normalized spacial score (nSPS) is 11.1. The average Bonchev–Trinajstić information content (AvgIpc) is 3.46. The number of carbonyl (C=O) groups excluding carboxylic acids is 2. The summed E-state index contributed by atoms with van der Waals surface area (Å²) in [5.41, 5.74) is 7.39. The molecule has 6 N–H and O–H groups in total. The number of carbonyl (C=O) groups is 2. The number of esters is 1. The van der Waals surface area contributed by atoms with E-state index in [1.807, 2.05) is 0 Å². The molecule has 0 aliphatic rings. The minimum atomic E-state index is -3.82. The number of nitrogens with two attached hydrogens (primary N) is 2. The minimum absolute atomic E-state index is 0.0237. The van der Waals surface area contributed by atoms with Crippen molar-refractivity contribution in [2.45, 2.75) is 4.90 Å². The molecule has 4 aromatic rings. The molecule has 2 aromatic heterocycles. The van der Waals surface area contributed by atoms with Gasteiger partial charge in [-0.3, -0.25) is 0 Å². The number of ether oxygens (including phenoxy) is 1. The summed E-state index contributed by atoms with van der Waals surface area (Å²) in [6.45, 7) is 0. The highest BCUT2D eigenvalue weighted by Gasteiger charge is 2.16. The van der Waals surface area contributed by atoms with Crippen LogP contribution in [-0.2, 0) is 14.8 Å². The Morgan fingerprint density at radius 2 is 1.66 bits per heavy atom. The van der Waals surface area contributed by atoms with Gasteiger partial charge in [0.2, 0.25) is 27.7 Å². The van der Waals surface area contributed by atoms with Crippen molar-refractivity contribution >= 4 is 45.3 Å². The van der Waals surface area contributed by atoms with Crippen molar-refractivity contribution in [3.8, 4) is 11.3 Å². The number of furan rings is 1. The first-order valence-corrected chi connectivity index (χ1v) is 11.4. The largest absolute Gasteiger partial charge is 0.463 e. The smallest absolute Gasteiger partial charge is 0.373 e. The third-order valence-corrected chi connectivity index (χ3v) is 5.61. The number of methoxy groups -OCH3 is 1. The molecular formula is C21H19N7O6S. The topological polar surface area (TPSA) is 197 Å². The minimum Gasteiger partial charge on any atom is -0.463 e. The van der Waals surface area contributed by atoms with Crippen molar-refractivity contribution in [2.75, 3.05) is 23.5 Å². The number of hydrogen-bond acceptors (Lipinski definition) is 10. The number of nitrogen functional groups attached to an aromatic ring is 1. The van der Waals surface area contributed by atoms with E-state index in [1.165, 1.54) is 37.4 Å². The van der Waals surface area contributed by atoms with Crippen molar-refractivity contribution in [3.63, 3.8) is 0 Å². The molecule has 0 aliphatic heterocycles. The Morgan fingerprint density at radius 1 is 1.00 bits per heavy atom. The van der Waals surface area contributed by atoms with E-state index >= 15 is 0 Å². The Bertz CT molecular complexity index is 1490. The van der Waals surface area contributed by atoms with Gasteiger partial charge in [0.1, 0.15) is 5.76 Å². The molecule has 0 aliphatic carbocycles. The van der Waals surface area contributed by atoms with Crippen LogP contribution in [0.15, 0.2) is 70.0 Å². The fourth-order valence-corrected chi connectivity index (χ4v) is 3.50. The van der Waals surface area contributed by atoms with E-state index in [1.54, 1.807) is 30.3 Å². The molecule has 1 amide bonds. The summed E-state index contributed by atoms with van der Waals surface area (Å²) in [4.78, 5) is 28.1. The van der Waals surface area contributed by atoms with Gasteiger partial charge in [0.15, 0.2) is 0 Å². The molecule has 0 atom stereocenters. The molecule has 0 saturated carbocycles. The molecule has 0 spiro atoms. The highest BCUT2D eigenvalue weighted by molar-refractivity contribution is 7.89. The van der Waals surface area contributed by atoms with Crippen molar-refractivity contribution in [2.24, 2.45) is 5.14 Å². The van der Waals surface area contributed by atoms with Crippen LogP contribution in [0.3, 0.4) is 0 Å². The Balaban J connectivity index is 1.43. The van der Waals surface area contributed by atoms with E-state index in [9.17, 15) is 18.0 Å². The van der Waals surface area contributed by atoms with Gasteiger partial charge in [-0.2, -0.15) is 4.98 Å². The number of primary sulfonamides is 1. The van der Waals surface area contributed by atoms with Crippen LogP contribution in [0.4, 0.5) is 28.1 Å². The molecule has 2 heterocycles. The van der Waals surface area contributed by atoms with E-state index in [2.05, 4.69) is 25.5 Å². The van der Waals surface area contributed by atoms with Gasteiger partial charge in [-0.15, -0.1) is 9.78 Å². The van der Waals surface area contributed by atoms with E-state index in [0.717, 1.165) is 4.68 Å². The van der Waals surface area contributed by atoms with Crippen LogP contribution in [-0.4, -0.2) is 42.3 Å². The summed E-state index contributed by atoms with van der Waals surface area (Å²) < 4.78 is 33.6. The monoisotopic (exact) mass is 497 g/mol. The molecule has 0 radical (unpaired) electrons. The highest BCUT2D eigenvalue weighted by Crippen LogP contribution is 2.24. The molecule has 4 rings (SSSR count). The molecular weight excluding hydrogens is 478 g/mol. The number of benzene rings is 2. The number of anilines is 4. The lowest BCUT2D eigenvalue weighted by Crippen LogP contribution is -2.22. The van der Waals surface area contributed by atoms with Gasteiger partial charge in [-0.05, 0) is 60.7 Å². The lowest BCUT2D eigenvalue weighted by molar-refractivity contribution is 0.0566. The third-order valence-electron chi connectivity index (χ3n) is 4.68. The first kappa shape index (κ1) is 23.5. The Hall–Kier alpha value is -4.69. The predicted octanol–water partition coefficient (Wildman–Crippen LogP) is 2.38. The first-order chi connectivity index (χ1) is 16.6. The van der Waals surface area contributed by atoms with Crippen LogP contribution in [0.1, 0.15) is 10.6 Å². The van der Waals surface area contributed by atoms with Crippen LogP contribution in [0, 0.1) is 0 Å². The average molecular weight is 497 g/mol. The lowest BCUT2D eigenvalue weighted by atomic mass is 10.1. The van der Waals surface area contributed by atoms with Crippen molar-refractivity contribution in [3.05, 3.63) is 66.4 Å². The molecule has 0 saturated heterocycles. The van der Waals surface area contributed by atoms with Crippen LogP contribution in [0.5, 0.6) is 0 Å².